The number of hydrogen-bond donors (Lipinski definition) is 2. The third-order valence-electron chi connectivity index (χ3n) is 6.15. The number of nitrogens with two attached hydrogens (primary N) is 1. The molecule has 0 spiro atoms. The smallest absolute Gasteiger partial charge is 0.248 e. The van der Waals surface area contributed by atoms with Crippen LogP contribution in [0.4, 0.5) is 5.82 Å². The van der Waals surface area contributed by atoms with Gasteiger partial charge < -0.3 is 25.3 Å². The Kier molecular flexibility index (Phi) is 7.57. The Morgan fingerprint density at radius 2 is 1.80 bits per heavy atom. The third-order valence-corrected chi connectivity index (χ3v) is 6.15. The van der Waals surface area contributed by atoms with E-state index in [9.17, 15) is 14.4 Å². The Morgan fingerprint density at radius 1 is 1.06 bits per heavy atom. The lowest BCUT2D eigenvalue weighted by Crippen LogP contribution is -2.60. The lowest BCUT2D eigenvalue weighted by atomic mass is 10.0. The minimum atomic E-state index is -0.647. The molecule has 4 rings (SSSR count). The zero-order chi connectivity index (χ0) is 24.8. The number of aromatic nitrogens is 2. The number of aryl methyl sites for hydroxylation is 1. The molecular weight excluding hydrogens is 446 g/mol. The number of aromatic amines is 1. The number of nitrogens with one attached hydrogen (secondary N) is 1. The number of hydrogen-bond acceptors (Lipinski definition) is 6. The van der Waals surface area contributed by atoms with Gasteiger partial charge in [-0.15, -0.1) is 0 Å². The molecule has 0 aliphatic carbocycles. The van der Waals surface area contributed by atoms with Gasteiger partial charge in [-0.3, -0.25) is 14.4 Å². The number of amides is 2. The molecule has 3 heterocycles. The zero-order valence-electron chi connectivity index (χ0n) is 19.6. The molecule has 0 saturated carbocycles. The number of carbonyl (C=O) groups excluding carboxylic acids is 2. The number of nitrogen functional groups attached to an aromatic ring is 1. The summed E-state index contributed by atoms with van der Waals surface area (Å²) in [6, 6.07) is 14.0. The van der Waals surface area contributed by atoms with Crippen molar-refractivity contribution in [2.24, 2.45) is 0 Å². The molecule has 3 N–H and O–H groups in total. The van der Waals surface area contributed by atoms with Crippen molar-refractivity contribution in [1.29, 1.82) is 0 Å². The summed E-state index contributed by atoms with van der Waals surface area (Å²) in [5, 5.41) is 0. The summed E-state index contributed by atoms with van der Waals surface area (Å²) in [6.07, 6.45) is 4.16. The van der Waals surface area contributed by atoms with Crippen molar-refractivity contribution < 1.29 is 14.3 Å². The summed E-state index contributed by atoms with van der Waals surface area (Å²) in [6.45, 7) is 1.50. The Morgan fingerprint density at radius 3 is 2.46 bits per heavy atom. The van der Waals surface area contributed by atoms with Crippen LogP contribution >= 0.6 is 0 Å². The quantitative estimate of drug-likeness (QED) is 0.513. The number of ether oxygens (including phenoxy) is 1. The van der Waals surface area contributed by atoms with Gasteiger partial charge in [-0.25, -0.2) is 4.98 Å². The summed E-state index contributed by atoms with van der Waals surface area (Å²) < 4.78 is 5.29. The van der Waals surface area contributed by atoms with E-state index in [0.29, 0.717) is 31.9 Å². The standard InChI is InChI=1S/C26H29N5O4/c1-35-17-22-26(34)30(12-13-31(22)25(33)11-5-18-4-9-23(27)28-14-18)16-19-2-6-20(7-3-19)21-8-10-24(32)29-15-21/h2-4,6-10,14-15,22H,5,11-13,16-17H2,1H3,(H2,27,28)(H,29,32). The van der Waals surface area contributed by atoms with Crippen molar-refractivity contribution in [3.63, 3.8) is 0 Å². The van der Waals surface area contributed by atoms with E-state index in [2.05, 4.69) is 9.97 Å². The molecule has 35 heavy (non-hydrogen) atoms. The Labute approximate surface area is 203 Å². The van der Waals surface area contributed by atoms with Crippen molar-refractivity contribution in [3.8, 4) is 11.1 Å². The highest BCUT2D eigenvalue weighted by Crippen LogP contribution is 2.21. The topological polar surface area (TPSA) is 122 Å². The molecule has 1 unspecified atom stereocenters. The average molecular weight is 476 g/mol. The van der Waals surface area contributed by atoms with E-state index in [0.717, 1.165) is 22.3 Å². The van der Waals surface area contributed by atoms with Gasteiger partial charge in [0.1, 0.15) is 11.9 Å². The first-order valence-corrected chi connectivity index (χ1v) is 11.5. The van der Waals surface area contributed by atoms with Crippen LogP contribution in [0, 0.1) is 0 Å². The van der Waals surface area contributed by atoms with Crippen LogP contribution in [0.1, 0.15) is 17.5 Å². The SMILES string of the molecule is COCC1C(=O)N(Cc2ccc(-c3ccc(=O)[nH]c3)cc2)CCN1C(=O)CCc1ccc(N)nc1. The fourth-order valence-corrected chi connectivity index (χ4v) is 4.20. The summed E-state index contributed by atoms with van der Waals surface area (Å²) >= 11 is 0. The van der Waals surface area contributed by atoms with Crippen LogP contribution in [-0.4, -0.2) is 64.4 Å². The van der Waals surface area contributed by atoms with Gasteiger partial charge in [0, 0.05) is 51.6 Å². The van der Waals surface area contributed by atoms with Gasteiger partial charge in [0.15, 0.2) is 0 Å². The van der Waals surface area contributed by atoms with Gasteiger partial charge in [-0.05, 0) is 40.8 Å². The normalized spacial score (nSPS) is 15.9. The van der Waals surface area contributed by atoms with Crippen LogP contribution in [0.5, 0.6) is 0 Å². The van der Waals surface area contributed by atoms with Crippen molar-refractivity contribution >= 4 is 17.6 Å². The molecule has 0 bridgehead atoms. The van der Waals surface area contributed by atoms with E-state index in [1.807, 2.05) is 30.3 Å². The fourth-order valence-electron chi connectivity index (χ4n) is 4.20. The van der Waals surface area contributed by atoms with Gasteiger partial charge in [0.05, 0.1) is 6.61 Å². The van der Waals surface area contributed by atoms with E-state index in [4.69, 9.17) is 10.5 Å². The van der Waals surface area contributed by atoms with Crippen molar-refractivity contribution in [2.75, 3.05) is 32.5 Å². The Hall–Kier alpha value is -3.98. The second-order valence-corrected chi connectivity index (χ2v) is 8.55. The molecular formula is C26H29N5O4. The van der Waals surface area contributed by atoms with E-state index in [-0.39, 0.29) is 30.4 Å². The first kappa shape index (κ1) is 24.2. The number of anilines is 1. The van der Waals surface area contributed by atoms with Crippen molar-refractivity contribution in [1.82, 2.24) is 19.8 Å². The molecule has 1 fully saturated rings. The van der Waals surface area contributed by atoms with E-state index < -0.39 is 6.04 Å². The van der Waals surface area contributed by atoms with Gasteiger partial charge in [-0.2, -0.15) is 0 Å². The maximum absolute atomic E-state index is 13.3. The Bertz CT molecular complexity index is 1200. The lowest BCUT2D eigenvalue weighted by Gasteiger charge is -2.40. The molecule has 9 heteroatoms. The highest BCUT2D eigenvalue weighted by atomic mass is 16.5. The number of carbonyl (C=O) groups is 2. The minimum Gasteiger partial charge on any atom is -0.384 e. The number of nitrogens with zero attached hydrogens (tertiary/aromatic N) is 3. The van der Waals surface area contributed by atoms with Crippen LogP contribution in [-0.2, 0) is 27.3 Å². The second-order valence-electron chi connectivity index (χ2n) is 8.55. The predicted molar refractivity (Wildman–Crippen MR) is 132 cm³/mol. The highest BCUT2D eigenvalue weighted by molar-refractivity contribution is 5.89. The lowest BCUT2D eigenvalue weighted by molar-refractivity contribution is -0.154. The molecule has 182 valence electrons. The van der Waals surface area contributed by atoms with Crippen molar-refractivity contribution in [3.05, 3.63) is 82.4 Å². The van der Waals surface area contributed by atoms with E-state index >= 15 is 0 Å². The summed E-state index contributed by atoms with van der Waals surface area (Å²) in [4.78, 5) is 47.6. The maximum atomic E-state index is 13.3. The van der Waals surface area contributed by atoms with E-state index in [1.54, 1.807) is 34.3 Å². The molecule has 2 amide bonds. The number of benzene rings is 1. The second kappa shape index (κ2) is 11.0. The monoisotopic (exact) mass is 475 g/mol. The molecule has 1 saturated heterocycles. The maximum Gasteiger partial charge on any atom is 0.248 e. The van der Waals surface area contributed by atoms with Crippen LogP contribution in [0.3, 0.4) is 0 Å². The summed E-state index contributed by atoms with van der Waals surface area (Å²) in [7, 11) is 1.53. The molecule has 2 aromatic heterocycles. The molecule has 1 atom stereocenters. The van der Waals surface area contributed by atoms with Crippen LogP contribution in [0.15, 0.2) is 65.7 Å². The fraction of sp³-hybridized carbons (Fsp3) is 0.308. The highest BCUT2D eigenvalue weighted by Gasteiger charge is 2.37. The van der Waals surface area contributed by atoms with Crippen LogP contribution in [0.2, 0.25) is 0 Å². The number of rotatable bonds is 8. The van der Waals surface area contributed by atoms with Crippen molar-refractivity contribution in [2.45, 2.75) is 25.4 Å². The minimum absolute atomic E-state index is 0.0814. The number of methoxy groups -OCH3 is 1. The molecule has 1 aromatic carbocycles. The zero-order valence-corrected chi connectivity index (χ0v) is 19.6. The summed E-state index contributed by atoms with van der Waals surface area (Å²) in [5.41, 5.74) is 9.27. The van der Waals surface area contributed by atoms with Gasteiger partial charge in [-0.1, -0.05) is 30.3 Å². The molecule has 3 aromatic rings. The predicted octanol–water partition coefficient (Wildman–Crippen LogP) is 1.84. The van der Waals surface area contributed by atoms with E-state index in [1.165, 1.54) is 13.2 Å². The number of pyridine rings is 2. The molecule has 1 aliphatic rings. The molecule has 0 radical (unpaired) electrons. The van der Waals surface area contributed by atoms with Crippen LogP contribution < -0.4 is 11.3 Å². The largest absolute Gasteiger partial charge is 0.384 e. The molecule has 9 nitrogen and oxygen atoms in total. The first-order valence-electron chi connectivity index (χ1n) is 11.5. The Balaban J connectivity index is 1.39. The first-order chi connectivity index (χ1) is 16.9. The summed E-state index contributed by atoms with van der Waals surface area (Å²) in [5.74, 6) is 0.237. The van der Waals surface area contributed by atoms with Gasteiger partial charge >= 0.3 is 0 Å². The van der Waals surface area contributed by atoms with Gasteiger partial charge in [0.25, 0.3) is 0 Å². The third kappa shape index (κ3) is 5.93. The number of piperazine rings is 1. The number of H-pyrrole nitrogens is 1. The average Bonchev–Trinajstić information content (AvgIpc) is 2.87. The molecule has 1 aliphatic heterocycles. The van der Waals surface area contributed by atoms with Crippen LogP contribution in [0.25, 0.3) is 11.1 Å². The van der Waals surface area contributed by atoms with Gasteiger partial charge in [0.2, 0.25) is 17.4 Å².